The van der Waals surface area contributed by atoms with Gasteiger partial charge in [0.2, 0.25) is 0 Å². The van der Waals surface area contributed by atoms with Crippen molar-refractivity contribution < 1.29 is 19.1 Å². The third-order valence-electron chi connectivity index (χ3n) is 2.65. The standard InChI is InChI=1S/C13H16FNO3S/c1-8-7-9(14)3-4-10(8)12(16)15-11(13(17)18)5-6-19-2/h3-4,7,11H,5-6H2,1-2H3,(H,15,16)(H,17,18)/t11-/m0/s1. The monoisotopic (exact) mass is 285 g/mol. The number of carboxylic acid groups (broad SMARTS) is 1. The molecule has 1 amide bonds. The molecule has 0 saturated carbocycles. The van der Waals surface area contributed by atoms with Gasteiger partial charge in [-0.1, -0.05) is 0 Å². The Morgan fingerprint density at radius 2 is 2.16 bits per heavy atom. The van der Waals surface area contributed by atoms with E-state index in [1.807, 2.05) is 6.26 Å². The van der Waals surface area contributed by atoms with E-state index in [2.05, 4.69) is 5.32 Å². The summed E-state index contributed by atoms with van der Waals surface area (Å²) in [5.41, 5.74) is 0.767. The number of hydrogen-bond donors (Lipinski definition) is 2. The van der Waals surface area contributed by atoms with Crippen molar-refractivity contribution in [3.05, 3.63) is 35.1 Å². The number of aryl methyl sites for hydroxylation is 1. The number of carboxylic acids is 1. The Hall–Kier alpha value is -1.56. The number of carbonyl (C=O) groups excluding carboxylic acids is 1. The fourth-order valence-electron chi connectivity index (χ4n) is 1.61. The molecule has 0 aromatic heterocycles. The molecule has 0 heterocycles. The molecule has 2 N–H and O–H groups in total. The number of hydrogen-bond acceptors (Lipinski definition) is 3. The third kappa shape index (κ3) is 4.55. The van der Waals surface area contributed by atoms with Crippen LogP contribution in [-0.2, 0) is 4.79 Å². The van der Waals surface area contributed by atoms with Crippen LogP contribution in [0.1, 0.15) is 22.3 Å². The lowest BCUT2D eigenvalue weighted by molar-refractivity contribution is -0.139. The Bertz CT molecular complexity index is 479. The summed E-state index contributed by atoms with van der Waals surface area (Å²) in [6, 6.07) is 2.85. The molecular formula is C13H16FNO3S. The summed E-state index contributed by atoms with van der Waals surface area (Å²) in [4.78, 5) is 23.0. The maximum absolute atomic E-state index is 12.9. The molecule has 1 atom stereocenters. The minimum Gasteiger partial charge on any atom is -0.480 e. The van der Waals surface area contributed by atoms with Crippen LogP contribution in [0.25, 0.3) is 0 Å². The first-order valence-electron chi connectivity index (χ1n) is 5.74. The molecule has 0 saturated heterocycles. The maximum Gasteiger partial charge on any atom is 0.326 e. The van der Waals surface area contributed by atoms with Crippen LogP contribution in [0, 0.1) is 12.7 Å². The van der Waals surface area contributed by atoms with E-state index in [0.717, 1.165) is 0 Å². The van der Waals surface area contributed by atoms with Crippen LogP contribution in [0.4, 0.5) is 4.39 Å². The first-order valence-corrected chi connectivity index (χ1v) is 7.14. The second-order valence-corrected chi connectivity index (χ2v) is 5.09. The average Bonchev–Trinajstić information content (AvgIpc) is 2.33. The highest BCUT2D eigenvalue weighted by molar-refractivity contribution is 7.98. The van der Waals surface area contributed by atoms with E-state index in [0.29, 0.717) is 17.7 Å². The van der Waals surface area contributed by atoms with E-state index in [1.165, 1.54) is 30.0 Å². The van der Waals surface area contributed by atoms with Crippen LogP contribution >= 0.6 is 11.8 Å². The number of rotatable bonds is 6. The summed E-state index contributed by atoms with van der Waals surface area (Å²) in [5.74, 6) is -1.35. The molecule has 0 bridgehead atoms. The van der Waals surface area contributed by atoms with Gasteiger partial charge in [-0.3, -0.25) is 4.79 Å². The van der Waals surface area contributed by atoms with Gasteiger partial charge in [-0.25, -0.2) is 9.18 Å². The van der Waals surface area contributed by atoms with Crippen molar-refractivity contribution in [2.24, 2.45) is 0 Å². The highest BCUT2D eigenvalue weighted by atomic mass is 32.2. The Morgan fingerprint density at radius 1 is 1.47 bits per heavy atom. The summed E-state index contributed by atoms with van der Waals surface area (Å²) in [6.45, 7) is 1.61. The zero-order valence-electron chi connectivity index (χ0n) is 10.8. The van der Waals surface area contributed by atoms with Gasteiger partial charge in [0.25, 0.3) is 5.91 Å². The van der Waals surface area contributed by atoms with Crippen LogP contribution in [0.3, 0.4) is 0 Å². The normalized spacial score (nSPS) is 11.9. The van der Waals surface area contributed by atoms with E-state index in [-0.39, 0.29) is 5.56 Å². The predicted octanol–water partition coefficient (Wildman–Crippen LogP) is 2.07. The molecule has 0 fully saturated rings. The lowest BCUT2D eigenvalue weighted by atomic mass is 10.1. The number of amides is 1. The van der Waals surface area contributed by atoms with E-state index in [4.69, 9.17) is 5.11 Å². The Labute approximate surface area is 115 Å². The third-order valence-corrected chi connectivity index (χ3v) is 3.29. The van der Waals surface area contributed by atoms with Gasteiger partial charge in [0.1, 0.15) is 11.9 Å². The molecule has 1 aromatic rings. The Kier molecular flexibility index (Phi) is 5.82. The first kappa shape index (κ1) is 15.5. The second-order valence-electron chi connectivity index (χ2n) is 4.11. The lowest BCUT2D eigenvalue weighted by Crippen LogP contribution is -2.41. The molecule has 104 valence electrons. The van der Waals surface area contributed by atoms with Crippen molar-refractivity contribution in [2.75, 3.05) is 12.0 Å². The fourth-order valence-corrected chi connectivity index (χ4v) is 2.08. The number of benzene rings is 1. The minimum atomic E-state index is -1.07. The predicted molar refractivity (Wildman–Crippen MR) is 73.0 cm³/mol. The summed E-state index contributed by atoms with van der Waals surface area (Å²) >= 11 is 1.51. The summed E-state index contributed by atoms with van der Waals surface area (Å²) in [5, 5.41) is 11.5. The highest BCUT2D eigenvalue weighted by Crippen LogP contribution is 2.11. The van der Waals surface area contributed by atoms with Crippen molar-refractivity contribution in [2.45, 2.75) is 19.4 Å². The summed E-state index contributed by atoms with van der Waals surface area (Å²) in [7, 11) is 0. The van der Waals surface area contributed by atoms with Crippen LogP contribution in [-0.4, -0.2) is 35.0 Å². The largest absolute Gasteiger partial charge is 0.480 e. The van der Waals surface area contributed by atoms with Crippen LogP contribution in [0.15, 0.2) is 18.2 Å². The number of carbonyl (C=O) groups is 2. The van der Waals surface area contributed by atoms with Crippen molar-refractivity contribution in [1.82, 2.24) is 5.32 Å². The number of nitrogens with one attached hydrogen (secondary N) is 1. The zero-order valence-corrected chi connectivity index (χ0v) is 11.6. The molecule has 19 heavy (non-hydrogen) atoms. The highest BCUT2D eigenvalue weighted by Gasteiger charge is 2.21. The molecule has 0 radical (unpaired) electrons. The molecule has 6 heteroatoms. The van der Waals surface area contributed by atoms with Gasteiger partial charge >= 0.3 is 5.97 Å². The van der Waals surface area contributed by atoms with Crippen molar-refractivity contribution in [3.8, 4) is 0 Å². The number of aliphatic carboxylic acids is 1. The topological polar surface area (TPSA) is 66.4 Å². The SMILES string of the molecule is CSCC[C@H](NC(=O)c1ccc(F)cc1C)C(=O)O. The molecule has 0 aliphatic carbocycles. The van der Waals surface area contributed by atoms with Crippen molar-refractivity contribution in [1.29, 1.82) is 0 Å². The molecular weight excluding hydrogens is 269 g/mol. The number of thioether (sulfide) groups is 1. The van der Waals surface area contributed by atoms with Gasteiger partial charge in [-0.2, -0.15) is 11.8 Å². The van der Waals surface area contributed by atoms with Gasteiger partial charge in [-0.15, -0.1) is 0 Å². The fraction of sp³-hybridized carbons (Fsp3) is 0.385. The molecule has 0 aliphatic heterocycles. The van der Waals surface area contributed by atoms with Crippen molar-refractivity contribution in [3.63, 3.8) is 0 Å². The minimum absolute atomic E-state index is 0.289. The van der Waals surface area contributed by atoms with E-state index in [1.54, 1.807) is 6.92 Å². The number of halogens is 1. The van der Waals surface area contributed by atoms with Gasteiger partial charge in [0, 0.05) is 5.56 Å². The quantitative estimate of drug-likeness (QED) is 0.839. The van der Waals surface area contributed by atoms with Crippen LogP contribution < -0.4 is 5.32 Å². The lowest BCUT2D eigenvalue weighted by Gasteiger charge is -2.14. The zero-order chi connectivity index (χ0) is 14.4. The molecule has 1 rings (SSSR count). The van der Waals surface area contributed by atoms with Crippen LogP contribution in [0.5, 0.6) is 0 Å². The van der Waals surface area contributed by atoms with E-state index in [9.17, 15) is 14.0 Å². The average molecular weight is 285 g/mol. The molecule has 1 aromatic carbocycles. The van der Waals surface area contributed by atoms with Gasteiger partial charge in [-0.05, 0) is 49.1 Å². The molecule has 0 unspecified atom stereocenters. The maximum atomic E-state index is 12.9. The first-order chi connectivity index (χ1) is 8.95. The van der Waals surface area contributed by atoms with Gasteiger partial charge in [0.15, 0.2) is 0 Å². The van der Waals surface area contributed by atoms with E-state index < -0.39 is 23.7 Å². The van der Waals surface area contributed by atoms with Gasteiger partial charge < -0.3 is 10.4 Å². The molecule has 0 spiro atoms. The molecule has 4 nitrogen and oxygen atoms in total. The Balaban J connectivity index is 2.78. The van der Waals surface area contributed by atoms with Gasteiger partial charge in [0.05, 0.1) is 0 Å². The van der Waals surface area contributed by atoms with Crippen molar-refractivity contribution >= 4 is 23.6 Å². The Morgan fingerprint density at radius 3 is 2.68 bits per heavy atom. The summed E-state index contributed by atoms with van der Waals surface area (Å²) < 4.78 is 12.9. The molecule has 0 aliphatic rings. The smallest absolute Gasteiger partial charge is 0.326 e. The second kappa shape index (κ2) is 7.13. The summed E-state index contributed by atoms with van der Waals surface area (Å²) in [6.07, 6.45) is 2.22. The van der Waals surface area contributed by atoms with E-state index >= 15 is 0 Å². The van der Waals surface area contributed by atoms with Crippen LogP contribution in [0.2, 0.25) is 0 Å².